The second kappa shape index (κ2) is 12.7. The molecule has 1 aromatic carbocycles. The molecular formula is C22H38IN5O. The molecule has 0 aromatic heterocycles. The van der Waals surface area contributed by atoms with Gasteiger partial charge in [0.1, 0.15) is 0 Å². The molecule has 1 aromatic rings. The largest absolute Gasteiger partial charge is 0.379 e. The van der Waals surface area contributed by atoms with Gasteiger partial charge < -0.3 is 15.0 Å². The normalized spacial score (nSPS) is 20.8. The topological polar surface area (TPSA) is 43.3 Å². The van der Waals surface area contributed by atoms with Crippen LogP contribution in [0.15, 0.2) is 29.3 Å². The van der Waals surface area contributed by atoms with Gasteiger partial charge in [-0.25, -0.2) is 0 Å². The fourth-order valence-electron chi connectivity index (χ4n) is 4.25. The lowest BCUT2D eigenvalue weighted by atomic mass is 10.1. The van der Waals surface area contributed by atoms with E-state index < -0.39 is 0 Å². The maximum atomic E-state index is 5.50. The molecule has 1 N–H and O–H groups in total. The van der Waals surface area contributed by atoms with E-state index in [2.05, 4.69) is 63.1 Å². The number of aliphatic imine (C=N–C) groups is 1. The van der Waals surface area contributed by atoms with E-state index in [0.29, 0.717) is 6.04 Å². The number of ether oxygens (including phenoxy) is 1. The smallest absolute Gasteiger partial charge is 0.193 e. The number of guanidine groups is 1. The Bertz CT molecular complexity index is 631. The number of hydrogen-bond acceptors (Lipinski definition) is 4. The number of nitrogens with one attached hydrogen (secondary N) is 1. The predicted octanol–water partition coefficient (Wildman–Crippen LogP) is 2.63. The molecule has 0 saturated carbocycles. The molecule has 3 rings (SSSR count). The molecular weight excluding hydrogens is 477 g/mol. The van der Waals surface area contributed by atoms with Crippen molar-refractivity contribution >= 4 is 29.9 Å². The molecule has 2 fully saturated rings. The highest BCUT2D eigenvalue weighted by Gasteiger charge is 2.30. The first-order valence-electron chi connectivity index (χ1n) is 10.8. The van der Waals surface area contributed by atoms with Gasteiger partial charge in [-0.1, -0.05) is 38.1 Å². The Kier molecular flexibility index (Phi) is 10.7. The van der Waals surface area contributed by atoms with Crippen LogP contribution >= 0.6 is 24.0 Å². The first kappa shape index (κ1) is 24.4. The molecule has 6 nitrogen and oxygen atoms in total. The highest BCUT2D eigenvalue weighted by molar-refractivity contribution is 14.0. The molecule has 2 aliphatic heterocycles. The van der Waals surface area contributed by atoms with Gasteiger partial charge in [-0.3, -0.25) is 14.8 Å². The minimum absolute atomic E-state index is 0. The van der Waals surface area contributed by atoms with E-state index in [4.69, 9.17) is 4.74 Å². The third kappa shape index (κ3) is 6.80. The molecule has 7 heteroatoms. The molecule has 0 aliphatic carbocycles. The summed E-state index contributed by atoms with van der Waals surface area (Å²) in [4.78, 5) is 12.0. The lowest BCUT2D eigenvalue weighted by Gasteiger charge is -2.32. The Balaban J connectivity index is 0.00000300. The Hall–Kier alpha value is -0.900. The highest BCUT2D eigenvalue weighted by atomic mass is 127. The van der Waals surface area contributed by atoms with Crippen molar-refractivity contribution < 1.29 is 4.74 Å². The molecule has 164 valence electrons. The van der Waals surface area contributed by atoms with Crippen LogP contribution in [0.2, 0.25) is 0 Å². The van der Waals surface area contributed by atoms with E-state index >= 15 is 0 Å². The minimum Gasteiger partial charge on any atom is -0.379 e. The molecule has 0 radical (unpaired) electrons. The van der Waals surface area contributed by atoms with Crippen LogP contribution in [0.25, 0.3) is 0 Å². The SMILES string of the molecule is CCN(CC)Cc1ccccc1CNC(=NC)N1CCC(N2CCOCC2)C1.I. The van der Waals surface area contributed by atoms with Gasteiger partial charge in [0.15, 0.2) is 5.96 Å². The van der Waals surface area contributed by atoms with Gasteiger partial charge >= 0.3 is 0 Å². The first-order chi connectivity index (χ1) is 13.7. The van der Waals surface area contributed by atoms with E-state index in [9.17, 15) is 0 Å². The monoisotopic (exact) mass is 515 g/mol. The Morgan fingerprint density at radius 1 is 1.14 bits per heavy atom. The van der Waals surface area contributed by atoms with Gasteiger partial charge in [0.2, 0.25) is 0 Å². The number of benzene rings is 1. The molecule has 1 atom stereocenters. The van der Waals surface area contributed by atoms with Crippen molar-refractivity contribution in [2.75, 3.05) is 59.5 Å². The summed E-state index contributed by atoms with van der Waals surface area (Å²) in [6.07, 6.45) is 1.21. The van der Waals surface area contributed by atoms with Gasteiger partial charge in [0.05, 0.1) is 13.2 Å². The third-order valence-electron chi connectivity index (χ3n) is 6.08. The van der Waals surface area contributed by atoms with E-state index in [-0.39, 0.29) is 24.0 Å². The number of morpholine rings is 1. The van der Waals surface area contributed by atoms with Crippen LogP contribution in [-0.4, -0.2) is 86.2 Å². The Labute approximate surface area is 193 Å². The van der Waals surface area contributed by atoms with Gasteiger partial charge in [-0.15, -0.1) is 24.0 Å². The lowest BCUT2D eigenvalue weighted by molar-refractivity contribution is 0.0195. The molecule has 1 unspecified atom stereocenters. The highest BCUT2D eigenvalue weighted by Crippen LogP contribution is 2.18. The Morgan fingerprint density at radius 3 is 2.48 bits per heavy atom. The third-order valence-corrected chi connectivity index (χ3v) is 6.08. The van der Waals surface area contributed by atoms with Crippen LogP contribution in [0.5, 0.6) is 0 Å². The number of nitrogens with zero attached hydrogens (tertiary/aromatic N) is 4. The van der Waals surface area contributed by atoms with E-state index in [1.165, 1.54) is 17.5 Å². The van der Waals surface area contributed by atoms with Crippen LogP contribution < -0.4 is 5.32 Å². The fourth-order valence-corrected chi connectivity index (χ4v) is 4.25. The average Bonchev–Trinajstić information content (AvgIpc) is 3.24. The summed E-state index contributed by atoms with van der Waals surface area (Å²) < 4.78 is 5.50. The molecule has 0 amide bonds. The van der Waals surface area contributed by atoms with Crippen LogP contribution in [0.4, 0.5) is 0 Å². The first-order valence-corrected chi connectivity index (χ1v) is 10.8. The van der Waals surface area contributed by atoms with Gasteiger partial charge in [-0.05, 0) is 30.6 Å². The fraction of sp³-hybridized carbons (Fsp3) is 0.682. The average molecular weight is 515 g/mol. The molecule has 0 bridgehead atoms. The van der Waals surface area contributed by atoms with Crippen molar-refractivity contribution in [1.82, 2.24) is 20.0 Å². The van der Waals surface area contributed by atoms with Crippen molar-refractivity contribution in [3.8, 4) is 0 Å². The molecule has 2 aliphatic rings. The minimum atomic E-state index is 0. The number of likely N-dealkylation sites (tertiary alicyclic amines) is 1. The summed E-state index contributed by atoms with van der Waals surface area (Å²) >= 11 is 0. The van der Waals surface area contributed by atoms with Crippen molar-refractivity contribution in [2.24, 2.45) is 4.99 Å². The van der Waals surface area contributed by atoms with Crippen molar-refractivity contribution in [1.29, 1.82) is 0 Å². The van der Waals surface area contributed by atoms with E-state index in [1.807, 2.05) is 7.05 Å². The molecule has 2 saturated heterocycles. The van der Waals surface area contributed by atoms with Crippen LogP contribution in [0.1, 0.15) is 31.4 Å². The van der Waals surface area contributed by atoms with Gasteiger partial charge in [0, 0.05) is 52.4 Å². The van der Waals surface area contributed by atoms with Crippen molar-refractivity contribution in [3.05, 3.63) is 35.4 Å². The van der Waals surface area contributed by atoms with Crippen molar-refractivity contribution in [2.45, 2.75) is 39.4 Å². The maximum absolute atomic E-state index is 5.50. The van der Waals surface area contributed by atoms with Crippen LogP contribution in [0, 0.1) is 0 Å². The summed E-state index contributed by atoms with van der Waals surface area (Å²) in [6.45, 7) is 14.4. The van der Waals surface area contributed by atoms with Gasteiger partial charge in [0.25, 0.3) is 0 Å². The summed E-state index contributed by atoms with van der Waals surface area (Å²) in [6, 6.07) is 9.39. The maximum Gasteiger partial charge on any atom is 0.193 e. The molecule has 0 spiro atoms. The van der Waals surface area contributed by atoms with Gasteiger partial charge in [-0.2, -0.15) is 0 Å². The van der Waals surface area contributed by atoms with E-state index in [1.54, 1.807) is 0 Å². The zero-order valence-electron chi connectivity index (χ0n) is 18.3. The number of hydrogen-bond donors (Lipinski definition) is 1. The number of rotatable bonds is 7. The summed E-state index contributed by atoms with van der Waals surface area (Å²) in [7, 11) is 1.90. The zero-order chi connectivity index (χ0) is 19.8. The molecule has 29 heavy (non-hydrogen) atoms. The van der Waals surface area contributed by atoms with Crippen molar-refractivity contribution in [3.63, 3.8) is 0 Å². The second-order valence-electron chi connectivity index (χ2n) is 7.67. The standard InChI is InChI=1S/C22H37N5O.HI/c1-4-25(5-2)17-20-9-7-6-8-19(20)16-24-22(23-3)27-11-10-21(18-27)26-12-14-28-15-13-26;/h6-9,21H,4-5,10-18H2,1-3H3,(H,23,24);1H. The van der Waals surface area contributed by atoms with Crippen LogP contribution in [0.3, 0.4) is 0 Å². The summed E-state index contributed by atoms with van der Waals surface area (Å²) in [5.41, 5.74) is 2.77. The number of halogens is 1. The molecule has 2 heterocycles. The zero-order valence-corrected chi connectivity index (χ0v) is 20.6. The lowest BCUT2D eigenvalue weighted by Crippen LogP contribution is -2.46. The quantitative estimate of drug-likeness (QED) is 0.344. The second-order valence-corrected chi connectivity index (χ2v) is 7.67. The predicted molar refractivity (Wildman–Crippen MR) is 131 cm³/mol. The van der Waals surface area contributed by atoms with Crippen LogP contribution in [-0.2, 0) is 17.8 Å². The van der Waals surface area contributed by atoms with E-state index in [0.717, 1.165) is 71.5 Å². The Morgan fingerprint density at radius 2 is 1.83 bits per heavy atom. The summed E-state index contributed by atoms with van der Waals surface area (Å²) in [5, 5.41) is 3.62. The summed E-state index contributed by atoms with van der Waals surface area (Å²) in [5.74, 6) is 1.02.